The lowest BCUT2D eigenvalue weighted by Gasteiger charge is -2.10. The molecular formula is C19H17NO7. The number of methoxy groups -OCH3 is 3. The summed E-state index contributed by atoms with van der Waals surface area (Å²) in [5.74, 6) is 0.220. The highest BCUT2D eigenvalue weighted by Gasteiger charge is 2.25. The van der Waals surface area contributed by atoms with Gasteiger partial charge in [-0.15, -0.1) is 4.91 Å². The van der Waals surface area contributed by atoms with Gasteiger partial charge in [-0.3, -0.25) is 4.79 Å². The Morgan fingerprint density at radius 1 is 1.04 bits per heavy atom. The number of hydrogen-bond acceptors (Lipinski definition) is 8. The zero-order valence-corrected chi connectivity index (χ0v) is 15.2. The third-order valence-electron chi connectivity index (χ3n) is 4.25. The van der Waals surface area contributed by atoms with Crippen molar-refractivity contribution in [2.24, 2.45) is 5.18 Å². The summed E-state index contributed by atoms with van der Waals surface area (Å²) >= 11 is 0. The van der Waals surface area contributed by atoms with Crippen LogP contribution in [0.1, 0.15) is 21.7 Å². The van der Waals surface area contributed by atoms with E-state index in [0.29, 0.717) is 11.1 Å². The molecule has 0 aliphatic rings. The highest BCUT2D eigenvalue weighted by molar-refractivity contribution is 6.18. The standard InChI is InChI=1S/C19H17NO7/c1-9-15(11-5-6-12(24-2)18(22)19(11)27-9)17(21)10-7-13(25-3)16(20-23)14(8-10)26-4/h5-8,22H,1-4H3. The molecule has 0 aliphatic heterocycles. The lowest BCUT2D eigenvalue weighted by Crippen LogP contribution is -2.04. The van der Waals surface area contributed by atoms with Crippen LogP contribution in [0.2, 0.25) is 0 Å². The lowest BCUT2D eigenvalue weighted by molar-refractivity contribution is 0.103. The number of aromatic hydroxyl groups is 1. The van der Waals surface area contributed by atoms with Crippen LogP contribution in [-0.4, -0.2) is 32.2 Å². The van der Waals surface area contributed by atoms with Crippen molar-refractivity contribution in [3.05, 3.63) is 46.1 Å². The summed E-state index contributed by atoms with van der Waals surface area (Å²) in [7, 11) is 4.14. The van der Waals surface area contributed by atoms with E-state index in [9.17, 15) is 14.8 Å². The number of aryl methyl sites for hydroxylation is 1. The highest BCUT2D eigenvalue weighted by atomic mass is 16.5. The number of fused-ring (bicyclic) bond motifs is 1. The number of hydrogen-bond donors (Lipinski definition) is 1. The smallest absolute Gasteiger partial charge is 0.202 e. The van der Waals surface area contributed by atoms with Crippen molar-refractivity contribution in [3.8, 4) is 23.0 Å². The lowest BCUT2D eigenvalue weighted by atomic mass is 9.99. The summed E-state index contributed by atoms with van der Waals surface area (Å²) < 4.78 is 21.0. The summed E-state index contributed by atoms with van der Waals surface area (Å²) in [5.41, 5.74) is 0.615. The zero-order chi connectivity index (χ0) is 19.7. The van der Waals surface area contributed by atoms with E-state index in [2.05, 4.69) is 5.18 Å². The maximum atomic E-state index is 13.2. The molecule has 27 heavy (non-hydrogen) atoms. The van der Waals surface area contributed by atoms with Gasteiger partial charge in [0.05, 0.1) is 26.9 Å². The number of ketones is 1. The van der Waals surface area contributed by atoms with Gasteiger partial charge in [-0.1, -0.05) is 0 Å². The SMILES string of the molecule is COc1cc(C(=O)c2c(C)oc3c(O)c(OC)ccc23)cc(OC)c1N=O. The molecule has 0 atom stereocenters. The fourth-order valence-electron chi connectivity index (χ4n) is 2.95. The predicted octanol–water partition coefficient (Wildman–Crippen LogP) is 4.10. The van der Waals surface area contributed by atoms with E-state index in [4.69, 9.17) is 18.6 Å². The van der Waals surface area contributed by atoms with Crippen LogP contribution in [-0.2, 0) is 0 Å². The second-order valence-electron chi connectivity index (χ2n) is 5.68. The second kappa shape index (κ2) is 6.99. The fourth-order valence-corrected chi connectivity index (χ4v) is 2.95. The molecule has 0 bridgehead atoms. The van der Waals surface area contributed by atoms with Crippen molar-refractivity contribution in [3.63, 3.8) is 0 Å². The van der Waals surface area contributed by atoms with Crippen LogP contribution in [0.15, 0.2) is 33.9 Å². The predicted molar refractivity (Wildman–Crippen MR) is 97.6 cm³/mol. The Labute approximate surface area is 154 Å². The quantitative estimate of drug-likeness (QED) is 0.513. The van der Waals surface area contributed by atoms with Crippen LogP contribution in [0, 0.1) is 11.8 Å². The minimum Gasteiger partial charge on any atom is -0.502 e. The number of nitroso groups, excluding NO2 is 1. The van der Waals surface area contributed by atoms with Crippen LogP contribution in [0.4, 0.5) is 5.69 Å². The minimum atomic E-state index is -0.384. The number of carbonyl (C=O) groups is 1. The number of phenolic OH excluding ortho intramolecular Hbond substituents is 1. The van der Waals surface area contributed by atoms with E-state index in [-0.39, 0.29) is 51.2 Å². The number of nitrogens with zero attached hydrogens (tertiary/aromatic N) is 1. The molecule has 140 valence electrons. The fraction of sp³-hybridized carbons (Fsp3) is 0.211. The first-order valence-electron chi connectivity index (χ1n) is 7.89. The molecule has 8 nitrogen and oxygen atoms in total. The van der Waals surface area contributed by atoms with Gasteiger partial charge in [-0.05, 0) is 36.4 Å². The maximum Gasteiger partial charge on any atom is 0.202 e. The molecule has 3 rings (SSSR count). The van der Waals surface area contributed by atoms with E-state index in [1.165, 1.54) is 33.5 Å². The molecule has 3 aromatic rings. The van der Waals surface area contributed by atoms with Gasteiger partial charge in [-0.2, -0.15) is 0 Å². The topological polar surface area (TPSA) is 108 Å². The van der Waals surface area contributed by atoms with Gasteiger partial charge in [0.25, 0.3) is 0 Å². The Morgan fingerprint density at radius 2 is 1.63 bits per heavy atom. The summed E-state index contributed by atoms with van der Waals surface area (Å²) in [6.07, 6.45) is 0. The number of rotatable bonds is 6. The molecule has 0 aliphatic carbocycles. The van der Waals surface area contributed by atoms with Gasteiger partial charge < -0.3 is 23.7 Å². The number of ether oxygens (including phenoxy) is 3. The van der Waals surface area contributed by atoms with E-state index in [1.54, 1.807) is 19.1 Å². The Kier molecular flexibility index (Phi) is 4.72. The van der Waals surface area contributed by atoms with Crippen LogP contribution >= 0.6 is 0 Å². The van der Waals surface area contributed by atoms with Crippen LogP contribution in [0.3, 0.4) is 0 Å². The molecule has 1 N–H and O–H groups in total. The Bertz CT molecular complexity index is 1030. The molecule has 1 heterocycles. The number of benzene rings is 2. The van der Waals surface area contributed by atoms with Crippen molar-refractivity contribution in [1.29, 1.82) is 0 Å². The number of carbonyl (C=O) groups excluding carboxylic acids is 1. The maximum absolute atomic E-state index is 13.2. The van der Waals surface area contributed by atoms with E-state index in [0.717, 1.165) is 0 Å². The van der Waals surface area contributed by atoms with Crippen LogP contribution < -0.4 is 14.2 Å². The molecule has 0 unspecified atom stereocenters. The van der Waals surface area contributed by atoms with E-state index < -0.39 is 0 Å². The van der Waals surface area contributed by atoms with Gasteiger partial charge in [0, 0.05) is 10.9 Å². The summed E-state index contributed by atoms with van der Waals surface area (Å²) in [6.45, 7) is 1.62. The van der Waals surface area contributed by atoms with Crippen LogP contribution in [0.5, 0.6) is 23.0 Å². The summed E-state index contributed by atoms with van der Waals surface area (Å²) in [4.78, 5) is 24.2. The van der Waals surface area contributed by atoms with E-state index >= 15 is 0 Å². The first-order valence-corrected chi connectivity index (χ1v) is 7.89. The average molecular weight is 371 g/mol. The van der Waals surface area contributed by atoms with Gasteiger partial charge in [0.2, 0.25) is 5.75 Å². The Hall–Kier alpha value is -3.55. The third-order valence-corrected chi connectivity index (χ3v) is 4.25. The largest absolute Gasteiger partial charge is 0.502 e. The molecule has 8 heteroatoms. The van der Waals surface area contributed by atoms with Gasteiger partial charge in [-0.25, -0.2) is 0 Å². The second-order valence-corrected chi connectivity index (χ2v) is 5.68. The van der Waals surface area contributed by atoms with Gasteiger partial charge in [0.15, 0.2) is 34.3 Å². The first-order chi connectivity index (χ1) is 13.0. The molecular weight excluding hydrogens is 354 g/mol. The number of phenols is 1. The van der Waals surface area contributed by atoms with Crippen LogP contribution in [0.25, 0.3) is 11.0 Å². The molecule has 0 saturated carbocycles. The molecule has 0 spiro atoms. The summed E-state index contributed by atoms with van der Waals surface area (Å²) in [6, 6.07) is 5.99. The summed E-state index contributed by atoms with van der Waals surface area (Å²) in [5, 5.41) is 13.6. The monoisotopic (exact) mass is 371 g/mol. The van der Waals surface area contributed by atoms with Crippen molar-refractivity contribution in [2.75, 3.05) is 21.3 Å². The molecule has 1 aromatic heterocycles. The van der Waals surface area contributed by atoms with Crippen molar-refractivity contribution < 1.29 is 28.5 Å². The van der Waals surface area contributed by atoms with Crippen molar-refractivity contribution in [2.45, 2.75) is 6.92 Å². The Balaban J connectivity index is 2.21. The first kappa shape index (κ1) is 18.2. The third kappa shape index (κ3) is 2.84. The molecule has 0 amide bonds. The molecule has 0 radical (unpaired) electrons. The highest BCUT2D eigenvalue weighted by Crippen LogP contribution is 2.42. The van der Waals surface area contributed by atoms with Gasteiger partial charge in [0.1, 0.15) is 5.76 Å². The van der Waals surface area contributed by atoms with E-state index in [1.807, 2.05) is 0 Å². The van der Waals surface area contributed by atoms with Crippen molar-refractivity contribution in [1.82, 2.24) is 0 Å². The molecule has 2 aromatic carbocycles. The van der Waals surface area contributed by atoms with Crippen molar-refractivity contribution >= 4 is 22.4 Å². The Morgan fingerprint density at radius 3 is 2.15 bits per heavy atom. The average Bonchev–Trinajstić information content (AvgIpc) is 3.03. The van der Waals surface area contributed by atoms with Gasteiger partial charge >= 0.3 is 0 Å². The normalized spacial score (nSPS) is 10.7. The number of furan rings is 1. The zero-order valence-electron chi connectivity index (χ0n) is 15.2. The minimum absolute atomic E-state index is 0.0345. The molecule has 0 saturated heterocycles. The molecule has 0 fully saturated rings.